The third-order valence-electron chi connectivity index (χ3n) is 2.36. The molecule has 0 aliphatic rings. The van der Waals surface area contributed by atoms with Crippen LogP contribution in [0.25, 0.3) is 0 Å². The smallest absolute Gasteiger partial charge is 0.293 e. The molecule has 0 aliphatic carbocycles. The summed E-state index contributed by atoms with van der Waals surface area (Å²) in [5.74, 6) is -0.508. The molecular weight excluding hydrogens is 318 g/mol. The van der Waals surface area contributed by atoms with E-state index in [1.165, 1.54) is 12.4 Å². The van der Waals surface area contributed by atoms with Gasteiger partial charge in [-0.05, 0) is 28.9 Å². The normalized spacial score (nSPS) is 10.2. The molecule has 9 heteroatoms. The van der Waals surface area contributed by atoms with Crippen molar-refractivity contribution < 1.29 is 9.72 Å². The number of nitro groups is 1. The number of carbonyl (C=O) groups excluding carboxylic acids is 1. The fourth-order valence-electron chi connectivity index (χ4n) is 1.45. The van der Waals surface area contributed by atoms with E-state index in [2.05, 4.69) is 36.4 Å². The van der Waals surface area contributed by atoms with Crippen LogP contribution in [0.2, 0.25) is 0 Å². The van der Waals surface area contributed by atoms with E-state index in [0.717, 1.165) is 0 Å². The molecule has 0 unspecified atom stereocenters. The summed E-state index contributed by atoms with van der Waals surface area (Å²) in [4.78, 5) is 25.8. The van der Waals surface area contributed by atoms with Gasteiger partial charge in [-0.1, -0.05) is 0 Å². The van der Waals surface area contributed by atoms with Crippen LogP contribution in [0.3, 0.4) is 0 Å². The summed E-state index contributed by atoms with van der Waals surface area (Å²) >= 11 is 3.24. The molecule has 1 amide bonds. The molecule has 0 radical (unpaired) electrons. The standard InChI is InChI=1S/C10H8BrN5O3/c1-5-2-6(11)7(3-8(5)16(18)19)14-10(17)9-12-4-13-15-9/h2-4H,1H3,(H,14,17)(H,12,13,15). The van der Waals surface area contributed by atoms with E-state index in [0.29, 0.717) is 15.7 Å². The zero-order valence-electron chi connectivity index (χ0n) is 9.68. The van der Waals surface area contributed by atoms with Crippen molar-refractivity contribution in [1.82, 2.24) is 15.2 Å². The Morgan fingerprint density at radius 1 is 1.53 bits per heavy atom. The van der Waals surface area contributed by atoms with Gasteiger partial charge in [0.05, 0.1) is 10.6 Å². The number of aromatic nitrogens is 3. The molecule has 2 N–H and O–H groups in total. The lowest BCUT2D eigenvalue weighted by molar-refractivity contribution is -0.385. The molecule has 0 saturated heterocycles. The average molecular weight is 326 g/mol. The molecule has 0 aliphatic heterocycles. The van der Waals surface area contributed by atoms with Crippen molar-refractivity contribution in [3.8, 4) is 0 Å². The van der Waals surface area contributed by atoms with Crippen LogP contribution in [0.5, 0.6) is 0 Å². The summed E-state index contributed by atoms with van der Waals surface area (Å²) in [7, 11) is 0. The molecule has 1 aromatic heterocycles. The van der Waals surface area contributed by atoms with Crippen LogP contribution in [0, 0.1) is 17.0 Å². The zero-order chi connectivity index (χ0) is 14.0. The van der Waals surface area contributed by atoms with Crippen LogP contribution in [-0.2, 0) is 0 Å². The van der Waals surface area contributed by atoms with E-state index in [4.69, 9.17) is 0 Å². The fraction of sp³-hybridized carbons (Fsp3) is 0.100. The summed E-state index contributed by atoms with van der Waals surface area (Å²) in [6.45, 7) is 1.62. The number of amides is 1. The van der Waals surface area contributed by atoms with Crippen LogP contribution < -0.4 is 5.32 Å². The first-order chi connectivity index (χ1) is 8.99. The van der Waals surface area contributed by atoms with E-state index >= 15 is 0 Å². The number of carbonyl (C=O) groups is 1. The van der Waals surface area contributed by atoms with Crippen LogP contribution in [0.15, 0.2) is 22.9 Å². The van der Waals surface area contributed by atoms with Crippen molar-refractivity contribution in [3.05, 3.63) is 44.4 Å². The van der Waals surface area contributed by atoms with Gasteiger partial charge in [0.15, 0.2) is 0 Å². The predicted octanol–water partition coefficient (Wildman–Crippen LogP) is 2.04. The summed E-state index contributed by atoms with van der Waals surface area (Å²) in [6.07, 6.45) is 1.20. The third kappa shape index (κ3) is 2.76. The molecule has 2 rings (SSSR count). The number of aromatic amines is 1. The number of nitrogens with zero attached hydrogens (tertiary/aromatic N) is 3. The molecule has 19 heavy (non-hydrogen) atoms. The van der Waals surface area contributed by atoms with Gasteiger partial charge in [0, 0.05) is 16.1 Å². The molecule has 98 valence electrons. The second-order valence-electron chi connectivity index (χ2n) is 3.66. The SMILES string of the molecule is Cc1cc(Br)c(NC(=O)c2ncn[nH]2)cc1[N+](=O)[O-]. The highest BCUT2D eigenvalue weighted by atomic mass is 79.9. The first-order valence-corrected chi connectivity index (χ1v) is 5.89. The van der Waals surface area contributed by atoms with Crippen molar-refractivity contribution in [1.29, 1.82) is 0 Å². The van der Waals surface area contributed by atoms with Crippen molar-refractivity contribution in [3.63, 3.8) is 0 Å². The Balaban J connectivity index is 2.32. The Hall–Kier alpha value is -2.29. The molecule has 1 aromatic carbocycles. The number of nitro benzene ring substituents is 1. The maximum absolute atomic E-state index is 11.8. The molecule has 0 spiro atoms. The number of hydrogen-bond acceptors (Lipinski definition) is 5. The Labute approximate surface area is 115 Å². The molecule has 0 bridgehead atoms. The van der Waals surface area contributed by atoms with Gasteiger partial charge in [-0.3, -0.25) is 20.0 Å². The first-order valence-electron chi connectivity index (χ1n) is 5.10. The fourth-order valence-corrected chi connectivity index (χ4v) is 2.01. The molecule has 2 aromatic rings. The Morgan fingerprint density at radius 2 is 2.26 bits per heavy atom. The summed E-state index contributed by atoms with van der Waals surface area (Å²) < 4.78 is 0.545. The highest BCUT2D eigenvalue weighted by Gasteiger charge is 2.17. The number of benzene rings is 1. The second-order valence-corrected chi connectivity index (χ2v) is 4.52. The number of H-pyrrole nitrogens is 1. The summed E-state index contributed by atoms with van der Waals surface area (Å²) in [5, 5.41) is 19.3. The minimum atomic E-state index is -0.531. The topological polar surface area (TPSA) is 114 Å². The number of nitrogens with one attached hydrogen (secondary N) is 2. The van der Waals surface area contributed by atoms with Gasteiger partial charge in [-0.25, -0.2) is 4.98 Å². The van der Waals surface area contributed by atoms with Crippen molar-refractivity contribution in [2.75, 3.05) is 5.32 Å². The quantitative estimate of drug-likeness (QED) is 0.662. The molecule has 0 fully saturated rings. The largest absolute Gasteiger partial charge is 0.318 e. The Morgan fingerprint density at radius 3 is 2.84 bits per heavy atom. The maximum Gasteiger partial charge on any atom is 0.293 e. The molecule has 8 nitrogen and oxygen atoms in total. The van der Waals surface area contributed by atoms with Gasteiger partial charge >= 0.3 is 0 Å². The van der Waals surface area contributed by atoms with E-state index in [1.54, 1.807) is 13.0 Å². The van der Waals surface area contributed by atoms with E-state index in [9.17, 15) is 14.9 Å². The number of aryl methyl sites for hydroxylation is 1. The third-order valence-corrected chi connectivity index (χ3v) is 3.02. The van der Waals surface area contributed by atoms with Gasteiger partial charge in [0.25, 0.3) is 11.6 Å². The molecule has 1 heterocycles. The first kappa shape index (κ1) is 13.1. The van der Waals surface area contributed by atoms with Crippen LogP contribution in [-0.4, -0.2) is 26.0 Å². The minimum Gasteiger partial charge on any atom is -0.318 e. The van der Waals surface area contributed by atoms with Gasteiger partial charge in [0.1, 0.15) is 6.33 Å². The predicted molar refractivity (Wildman–Crippen MR) is 69.9 cm³/mol. The highest BCUT2D eigenvalue weighted by molar-refractivity contribution is 9.10. The number of anilines is 1. The highest BCUT2D eigenvalue weighted by Crippen LogP contribution is 2.30. The molecular formula is C10H8BrN5O3. The lowest BCUT2D eigenvalue weighted by Gasteiger charge is -2.07. The maximum atomic E-state index is 11.8. The summed E-state index contributed by atoms with van der Waals surface area (Å²) in [5.41, 5.74) is 0.712. The van der Waals surface area contributed by atoms with Crippen LogP contribution in [0.4, 0.5) is 11.4 Å². The van der Waals surface area contributed by atoms with Crippen molar-refractivity contribution in [2.24, 2.45) is 0 Å². The number of halogens is 1. The second kappa shape index (κ2) is 5.14. The van der Waals surface area contributed by atoms with Crippen molar-refractivity contribution >= 4 is 33.2 Å². The monoisotopic (exact) mass is 325 g/mol. The van der Waals surface area contributed by atoms with Crippen LogP contribution in [0.1, 0.15) is 16.2 Å². The average Bonchev–Trinajstić information content (AvgIpc) is 2.85. The molecule has 0 atom stereocenters. The number of rotatable bonds is 3. The van der Waals surface area contributed by atoms with Gasteiger partial charge in [-0.15, -0.1) is 0 Å². The van der Waals surface area contributed by atoms with Gasteiger partial charge in [-0.2, -0.15) is 5.10 Å². The number of hydrogen-bond donors (Lipinski definition) is 2. The lowest BCUT2D eigenvalue weighted by atomic mass is 10.2. The van der Waals surface area contributed by atoms with Gasteiger partial charge in [0.2, 0.25) is 5.82 Å². The van der Waals surface area contributed by atoms with E-state index in [-0.39, 0.29) is 11.5 Å². The summed E-state index contributed by atoms with van der Waals surface area (Å²) in [6, 6.07) is 2.85. The zero-order valence-corrected chi connectivity index (χ0v) is 11.3. The van der Waals surface area contributed by atoms with Gasteiger partial charge < -0.3 is 5.32 Å². The van der Waals surface area contributed by atoms with E-state index in [1.807, 2.05) is 0 Å². The van der Waals surface area contributed by atoms with Crippen LogP contribution >= 0.6 is 15.9 Å². The Bertz CT molecular complexity index is 641. The minimum absolute atomic E-state index is 0.0233. The van der Waals surface area contributed by atoms with Crippen molar-refractivity contribution in [2.45, 2.75) is 6.92 Å². The van der Waals surface area contributed by atoms with E-state index < -0.39 is 10.8 Å². The Kier molecular flexibility index (Phi) is 3.56. The lowest BCUT2D eigenvalue weighted by Crippen LogP contribution is -2.14. The molecule has 0 saturated carbocycles.